The fraction of sp³-hybridized carbons (Fsp3) is 0.154. The van der Waals surface area contributed by atoms with Gasteiger partial charge in [0.05, 0.1) is 6.61 Å². The van der Waals surface area contributed by atoms with E-state index >= 15 is 0 Å². The van der Waals surface area contributed by atoms with Gasteiger partial charge in [-0.3, -0.25) is 0 Å². The molecule has 256 valence electrons. The minimum atomic E-state index is 0.0643. The van der Waals surface area contributed by atoms with Crippen LogP contribution in [0.2, 0.25) is 0 Å². The molecule has 0 amide bonds. The molecular weight excluding hydrogens is 641 g/mol. The van der Waals surface area contributed by atoms with Crippen LogP contribution in [0.1, 0.15) is 44.4 Å². The van der Waals surface area contributed by atoms with Gasteiger partial charge in [-0.25, -0.2) is 0 Å². The van der Waals surface area contributed by atoms with Crippen LogP contribution in [-0.2, 0) is 16.8 Å². The van der Waals surface area contributed by atoms with Gasteiger partial charge in [-0.15, -0.1) is 0 Å². The number of aryl methyl sites for hydroxylation is 1. The molecule has 0 bridgehead atoms. The summed E-state index contributed by atoms with van der Waals surface area (Å²) in [5.74, 6) is 0. The molecule has 0 atom stereocenters. The lowest BCUT2D eigenvalue weighted by atomic mass is 9.81. The van der Waals surface area contributed by atoms with Gasteiger partial charge >= 0.3 is 0 Å². The first kappa shape index (κ1) is 31.9. The van der Waals surface area contributed by atoms with Crippen LogP contribution in [0, 0.1) is 6.92 Å². The van der Waals surface area contributed by atoms with Gasteiger partial charge in [0.25, 0.3) is 0 Å². The van der Waals surface area contributed by atoms with Crippen LogP contribution in [0.25, 0.3) is 97.7 Å². The Kier molecular flexibility index (Phi) is 7.16. The SMILES string of the molecule is CCOCc1ccc2cc3cc(-c4cc(-c5ccc6cc7cc(C)ccc7cc6c5)c5ccc6cc(C(C)(C)C)cc7ccc4c5c67)ccc3cc2c1. The number of ether oxygens (including phenoxy) is 1. The van der Waals surface area contributed by atoms with Gasteiger partial charge in [0, 0.05) is 6.61 Å². The quantitative estimate of drug-likeness (QED) is 0.130. The highest BCUT2D eigenvalue weighted by molar-refractivity contribution is 6.28. The van der Waals surface area contributed by atoms with E-state index < -0.39 is 0 Å². The summed E-state index contributed by atoms with van der Waals surface area (Å²) < 4.78 is 5.70. The Balaban J connectivity index is 1.22. The molecule has 0 saturated heterocycles. The Morgan fingerprint density at radius 3 is 1.47 bits per heavy atom. The number of fused-ring (bicyclic) bond motifs is 4. The molecule has 0 N–H and O–H groups in total. The predicted molar refractivity (Wildman–Crippen MR) is 230 cm³/mol. The number of rotatable bonds is 5. The average Bonchev–Trinajstić information content (AvgIpc) is 3.16. The van der Waals surface area contributed by atoms with E-state index in [1.54, 1.807) is 0 Å². The molecule has 0 saturated carbocycles. The molecule has 0 aliphatic heterocycles. The summed E-state index contributed by atoms with van der Waals surface area (Å²) in [6.45, 7) is 12.5. The molecule has 0 heterocycles. The fourth-order valence-corrected chi connectivity index (χ4v) is 8.63. The van der Waals surface area contributed by atoms with Crippen molar-refractivity contribution in [2.75, 3.05) is 6.61 Å². The summed E-state index contributed by atoms with van der Waals surface area (Å²) in [6, 6.07) is 53.6. The zero-order chi connectivity index (χ0) is 36.0. The molecule has 0 unspecified atom stereocenters. The molecule has 0 aromatic heterocycles. The second-order valence-corrected chi connectivity index (χ2v) is 16.1. The minimum absolute atomic E-state index is 0.0643. The normalized spacial score (nSPS) is 12.5. The van der Waals surface area contributed by atoms with Crippen LogP contribution < -0.4 is 0 Å². The van der Waals surface area contributed by atoms with Crippen LogP contribution in [0.15, 0.2) is 140 Å². The molecule has 0 fully saturated rings. The zero-order valence-electron chi connectivity index (χ0n) is 31.1. The van der Waals surface area contributed by atoms with Crippen molar-refractivity contribution in [2.45, 2.75) is 46.6 Å². The second-order valence-electron chi connectivity index (χ2n) is 16.1. The number of hydrogen-bond acceptors (Lipinski definition) is 1. The molecular formula is C52H42O. The fourth-order valence-electron chi connectivity index (χ4n) is 8.63. The Bertz CT molecular complexity index is 3060. The van der Waals surface area contributed by atoms with Gasteiger partial charge in [0.2, 0.25) is 0 Å². The maximum absolute atomic E-state index is 5.70. The minimum Gasteiger partial charge on any atom is -0.377 e. The van der Waals surface area contributed by atoms with Crippen molar-refractivity contribution in [2.24, 2.45) is 0 Å². The first-order valence-corrected chi connectivity index (χ1v) is 19.0. The summed E-state index contributed by atoms with van der Waals surface area (Å²) >= 11 is 0. The lowest BCUT2D eigenvalue weighted by Gasteiger charge is -2.23. The van der Waals surface area contributed by atoms with Crippen molar-refractivity contribution < 1.29 is 4.74 Å². The van der Waals surface area contributed by atoms with Gasteiger partial charge in [-0.1, -0.05) is 117 Å². The van der Waals surface area contributed by atoms with Crippen LogP contribution >= 0.6 is 0 Å². The van der Waals surface area contributed by atoms with Crippen molar-refractivity contribution in [1.29, 1.82) is 0 Å². The van der Waals surface area contributed by atoms with E-state index in [1.807, 2.05) is 6.92 Å². The third-order valence-corrected chi connectivity index (χ3v) is 11.5. The first-order valence-electron chi connectivity index (χ1n) is 19.0. The van der Waals surface area contributed by atoms with Crippen molar-refractivity contribution >= 4 is 75.4 Å². The first-order chi connectivity index (χ1) is 25.7. The summed E-state index contributed by atoms with van der Waals surface area (Å²) in [5.41, 5.74) is 8.95. The molecule has 10 aromatic carbocycles. The summed E-state index contributed by atoms with van der Waals surface area (Å²) in [6.07, 6.45) is 0. The molecule has 0 radical (unpaired) electrons. The van der Waals surface area contributed by atoms with Crippen LogP contribution in [0.5, 0.6) is 0 Å². The maximum atomic E-state index is 5.70. The van der Waals surface area contributed by atoms with Crippen LogP contribution in [-0.4, -0.2) is 6.61 Å². The van der Waals surface area contributed by atoms with Gasteiger partial charge in [-0.05, 0) is 177 Å². The molecule has 1 heteroatoms. The van der Waals surface area contributed by atoms with Crippen molar-refractivity contribution in [3.05, 3.63) is 156 Å². The van der Waals surface area contributed by atoms with Crippen LogP contribution in [0.3, 0.4) is 0 Å². The molecule has 0 spiro atoms. The van der Waals surface area contributed by atoms with Crippen molar-refractivity contribution in [3.8, 4) is 22.3 Å². The molecule has 10 rings (SSSR count). The van der Waals surface area contributed by atoms with E-state index in [2.05, 4.69) is 167 Å². The van der Waals surface area contributed by atoms with E-state index in [9.17, 15) is 0 Å². The topological polar surface area (TPSA) is 9.23 Å². The van der Waals surface area contributed by atoms with Gasteiger partial charge < -0.3 is 4.74 Å². The monoisotopic (exact) mass is 682 g/mol. The van der Waals surface area contributed by atoms with Crippen molar-refractivity contribution in [3.63, 3.8) is 0 Å². The van der Waals surface area contributed by atoms with E-state index in [4.69, 9.17) is 4.74 Å². The lowest BCUT2D eigenvalue weighted by molar-refractivity contribution is 0.134. The van der Waals surface area contributed by atoms with Gasteiger partial charge in [-0.2, -0.15) is 0 Å². The Labute approximate surface area is 310 Å². The third-order valence-electron chi connectivity index (χ3n) is 11.5. The number of benzene rings is 10. The average molecular weight is 683 g/mol. The van der Waals surface area contributed by atoms with Crippen LogP contribution in [0.4, 0.5) is 0 Å². The Morgan fingerprint density at radius 1 is 0.434 bits per heavy atom. The van der Waals surface area contributed by atoms with Gasteiger partial charge in [0.1, 0.15) is 0 Å². The molecule has 10 aromatic rings. The molecule has 53 heavy (non-hydrogen) atoms. The highest BCUT2D eigenvalue weighted by atomic mass is 16.5. The molecule has 1 nitrogen and oxygen atoms in total. The standard InChI is InChI=1S/C52H42O/c1-6-53-30-32-8-10-34-24-44-26-38(14-12-36(44)22-42(34)20-32)49-29-48(37-13-11-35-21-41-19-31(2)7-9-33(41)23-43(35)25-37)46-17-15-39-27-45(52(3,4)5)28-40-16-18-47(49)51(46)50(39)40/h7-29H,6,30H2,1-5H3. The van der Waals surface area contributed by atoms with E-state index in [0.717, 1.165) is 6.61 Å². The highest BCUT2D eigenvalue weighted by Gasteiger charge is 2.20. The number of hydrogen-bond donors (Lipinski definition) is 0. The second kappa shape index (κ2) is 11.9. The Morgan fingerprint density at radius 2 is 0.925 bits per heavy atom. The predicted octanol–water partition coefficient (Wildman–Crippen LogP) is 14.7. The molecule has 0 aliphatic rings. The largest absolute Gasteiger partial charge is 0.377 e. The van der Waals surface area contributed by atoms with E-state index in [0.29, 0.717) is 6.61 Å². The summed E-state index contributed by atoms with van der Waals surface area (Å²) in [4.78, 5) is 0. The van der Waals surface area contributed by atoms with E-state index in [-0.39, 0.29) is 5.41 Å². The summed E-state index contributed by atoms with van der Waals surface area (Å²) in [7, 11) is 0. The summed E-state index contributed by atoms with van der Waals surface area (Å²) in [5, 5.41) is 18.0. The smallest absolute Gasteiger partial charge is 0.0716 e. The lowest BCUT2D eigenvalue weighted by Crippen LogP contribution is -2.10. The molecule has 0 aliphatic carbocycles. The van der Waals surface area contributed by atoms with Crippen molar-refractivity contribution in [1.82, 2.24) is 0 Å². The Hall–Kier alpha value is -5.76. The third kappa shape index (κ3) is 5.34. The highest BCUT2D eigenvalue weighted by Crippen LogP contribution is 2.46. The van der Waals surface area contributed by atoms with E-state index in [1.165, 1.54) is 114 Å². The maximum Gasteiger partial charge on any atom is 0.0716 e. The van der Waals surface area contributed by atoms with Gasteiger partial charge in [0.15, 0.2) is 0 Å². The zero-order valence-corrected chi connectivity index (χ0v) is 31.1.